The fourth-order valence-corrected chi connectivity index (χ4v) is 1.74. The molecule has 3 heteroatoms. The number of halogens is 1. The third kappa shape index (κ3) is 2.28. The summed E-state index contributed by atoms with van der Waals surface area (Å²) in [6.07, 6.45) is 1.23. The Morgan fingerprint density at radius 1 is 1.50 bits per heavy atom. The molecule has 0 aliphatic carbocycles. The van der Waals surface area contributed by atoms with E-state index in [-0.39, 0.29) is 6.10 Å². The molecule has 76 valence electrons. The number of rotatable bonds is 2. The van der Waals surface area contributed by atoms with Gasteiger partial charge in [-0.15, -0.1) is 0 Å². The quantitative estimate of drug-likeness (QED) is 0.811. The summed E-state index contributed by atoms with van der Waals surface area (Å²) in [5.74, 6) is 0.932. The van der Waals surface area contributed by atoms with Crippen LogP contribution in [-0.4, -0.2) is 19.3 Å². The Kier molecular flexibility index (Phi) is 3.08. The molecule has 0 bridgehead atoms. The van der Waals surface area contributed by atoms with Gasteiger partial charge in [0.05, 0.1) is 13.2 Å². The van der Waals surface area contributed by atoms with Gasteiger partial charge in [0.15, 0.2) is 0 Å². The van der Waals surface area contributed by atoms with Crippen LogP contribution in [-0.2, 0) is 4.74 Å². The molecule has 1 atom stereocenters. The Balaban J connectivity index is 2.05. The van der Waals surface area contributed by atoms with Crippen molar-refractivity contribution >= 4 is 15.9 Å². The summed E-state index contributed by atoms with van der Waals surface area (Å²) in [5, 5.41) is 0. The summed E-state index contributed by atoms with van der Waals surface area (Å²) in [6, 6.07) is 6.04. The van der Waals surface area contributed by atoms with Crippen molar-refractivity contribution in [2.75, 3.05) is 13.2 Å². The number of hydrogen-bond acceptors (Lipinski definition) is 2. The van der Waals surface area contributed by atoms with E-state index in [9.17, 15) is 0 Å². The molecule has 1 aliphatic heterocycles. The number of hydrogen-bond donors (Lipinski definition) is 0. The maximum Gasteiger partial charge on any atom is 0.124 e. The van der Waals surface area contributed by atoms with Gasteiger partial charge in [0.25, 0.3) is 0 Å². The summed E-state index contributed by atoms with van der Waals surface area (Å²) < 4.78 is 12.1. The highest BCUT2D eigenvalue weighted by atomic mass is 79.9. The first-order valence-electron chi connectivity index (χ1n) is 4.76. The van der Waals surface area contributed by atoms with Gasteiger partial charge in [-0.3, -0.25) is 0 Å². The third-order valence-corrected chi connectivity index (χ3v) is 3.21. The number of aryl methyl sites for hydroxylation is 1. The van der Waals surface area contributed by atoms with Gasteiger partial charge in [-0.05, 0) is 30.7 Å². The molecular formula is C11H13BrO2. The highest BCUT2D eigenvalue weighted by molar-refractivity contribution is 9.10. The standard InChI is InChI=1S/C11H13BrO2/c1-8-6-9(2-3-11(8)12)14-10-4-5-13-7-10/h2-3,6,10H,4-5,7H2,1H3. The normalized spacial score (nSPS) is 21.1. The zero-order valence-corrected chi connectivity index (χ0v) is 9.71. The molecule has 0 radical (unpaired) electrons. The second-order valence-electron chi connectivity index (χ2n) is 3.51. The van der Waals surface area contributed by atoms with Crippen molar-refractivity contribution in [3.8, 4) is 5.75 Å². The van der Waals surface area contributed by atoms with Crippen molar-refractivity contribution in [2.24, 2.45) is 0 Å². The maximum atomic E-state index is 5.77. The van der Waals surface area contributed by atoms with Crippen LogP contribution in [0.5, 0.6) is 5.75 Å². The zero-order chi connectivity index (χ0) is 9.97. The minimum atomic E-state index is 0.232. The van der Waals surface area contributed by atoms with Gasteiger partial charge in [0, 0.05) is 10.9 Å². The molecule has 2 nitrogen and oxygen atoms in total. The van der Waals surface area contributed by atoms with Crippen LogP contribution in [0.3, 0.4) is 0 Å². The molecule has 0 aromatic heterocycles. The lowest BCUT2D eigenvalue weighted by atomic mass is 10.2. The lowest BCUT2D eigenvalue weighted by molar-refractivity contribution is 0.141. The predicted molar refractivity (Wildman–Crippen MR) is 58.7 cm³/mol. The molecule has 2 rings (SSSR count). The van der Waals surface area contributed by atoms with Crippen LogP contribution in [0.25, 0.3) is 0 Å². The monoisotopic (exact) mass is 256 g/mol. The summed E-state index contributed by atoms with van der Waals surface area (Å²) in [4.78, 5) is 0. The summed E-state index contributed by atoms with van der Waals surface area (Å²) >= 11 is 3.46. The van der Waals surface area contributed by atoms with Gasteiger partial charge in [-0.25, -0.2) is 0 Å². The first-order valence-corrected chi connectivity index (χ1v) is 5.55. The Bertz CT molecular complexity index is 319. The van der Waals surface area contributed by atoms with Crippen LogP contribution in [0, 0.1) is 6.92 Å². The second-order valence-corrected chi connectivity index (χ2v) is 4.37. The lowest BCUT2D eigenvalue weighted by Gasteiger charge is -2.12. The topological polar surface area (TPSA) is 18.5 Å². The fourth-order valence-electron chi connectivity index (χ4n) is 1.49. The molecule has 1 aromatic rings. The van der Waals surface area contributed by atoms with E-state index >= 15 is 0 Å². The van der Waals surface area contributed by atoms with E-state index in [4.69, 9.17) is 9.47 Å². The molecule has 1 aromatic carbocycles. The molecule has 0 amide bonds. The molecule has 1 unspecified atom stereocenters. The van der Waals surface area contributed by atoms with Gasteiger partial charge >= 0.3 is 0 Å². The van der Waals surface area contributed by atoms with Gasteiger partial charge in [0.2, 0.25) is 0 Å². The van der Waals surface area contributed by atoms with E-state index < -0.39 is 0 Å². The summed E-state index contributed by atoms with van der Waals surface area (Å²) in [6.45, 7) is 3.59. The van der Waals surface area contributed by atoms with Crippen molar-refractivity contribution in [1.82, 2.24) is 0 Å². The van der Waals surface area contributed by atoms with Crippen LogP contribution >= 0.6 is 15.9 Å². The number of ether oxygens (including phenoxy) is 2. The first kappa shape index (κ1) is 9.99. The molecule has 0 spiro atoms. The van der Waals surface area contributed by atoms with Crippen LogP contribution < -0.4 is 4.74 Å². The fraction of sp³-hybridized carbons (Fsp3) is 0.455. The van der Waals surface area contributed by atoms with Gasteiger partial charge in [0.1, 0.15) is 11.9 Å². The van der Waals surface area contributed by atoms with Crippen LogP contribution in [0.1, 0.15) is 12.0 Å². The summed E-state index contributed by atoms with van der Waals surface area (Å²) in [7, 11) is 0. The number of benzene rings is 1. The second kappa shape index (κ2) is 4.32. The Labute approximate surface area is 92.3 Å². The lowest BCUT2D eigenvalue weighted by Crippen LogP contribution is -2.15. The minimum absolute atomic E-state index is 0.232. The molecule has 1 saturated heterocycles. The smallest absolute Gasteiger partial charge is 0.124 e. The largest absolute Gasteiger partial charge is 0.488 e. The molecule has 14 heavy (non-hydrogen) atoms. The van der Waals surface area contributed by atoms with Crippen molar-refractivity contribution in [1.29, 1.82) is 0 Å². The molecule has 0 saturated carbocycles. The van der Waals surface area contributed by atoms with Crippen molar-refractivity contribution in [3.05, 3.63) is 28.2 Å². The average Bonchev–Trinajstić information content (AvgIpc) is 2.64. The molecule has 0 N–H and O–H groups in total. The molecule has 1 heterocycles. The van der Waals surface area contributed by atoms with Crippen LogP contribution in [0.2, 0.25) is 0 Å². The average molecular weight is 257 g/mol. The molecule has 1 fully saturated rings. The van der Waals surface area contributed by atoms with E-state index in [1.54, 1.807) is 0 Å². The van der Waals surface area contributed by atoms with E-state index in [1.165, 1.54) is 5.56 Å². The summed E-state index contributed by atoms with van der Waals surface area (Å²) in [5.41, 5.74) is 1.20. The van der Waals surface area contributed by atoms with E-state index in [1.807, 2.05) is 18.2 Å². The Morgan fingerprint density at radius 3 is 3.00 bits per heavy atom. The first-order chi connectivity index (χ1) is 6.75. The van der Waals surface area contributed by atoms with Crippen molar-refractivity contribution in [2.45, 2.75) is 19.4 Å². The molecular weight excluding hydrogens is 244 g/mol. The Morgan fingerprint density at radius 2 is 2.36 bits per heavy atom. The van der Waals surface area contributed by atoms with E-state index in [0.717, 1.165) is 29.9 Å². The SMILES string of the molecule is Cc1cc(OC2CCOC2)ccc1Br. The highest BCUT2D eigenvalue weighted by Gasteiger charge is 2.17. The van der Waals surface area contributed by atoms with E-state index in [2.05, 4.69) is 22.9 Å². The third-order valence-electron chi connectivity index (χ3n) is 2.32. The zero-order valence-electron chi connectivity index (χ0n) is 8.13. The van der Waals surface area contributed by atoms with Crippen molar-refractivity contribution < 1.29 is 9.47 Å². The minimum Gasteiger partial charge on any atom is -0.488 e. The van der Waals surface area contributed by atoms with E-state index in [0.29, 0.717) is 0 Å². The molecule has 1 aliphatic rings. The predicted octanol–water partition coefficient (Wildman–Crippen LogP) is 2.93. The van der Waals surface area contributed by atoms with Gasteiger partial charge in [-0.2, -0.15) is 0 Å². The maximum absolute atomic E-state index is 5.77. The van der Waals surface area contributed by atoms with Gasteiger partial charge in [-0.1, -0.05) is 15.9 Å². The van der Waals surface area contributed by atoms with Crippen LogP contribution in [0.15, 0.2) is 22.7 Å². The van der Waals surface area contributed by atoms with Gasteiger partial charge < -0.3 is 9.47 Å². The highest BCUT2D eigenvalue weighted by Crippen LogP contribution is 2.23. The van der Waals surface area contributed by atoms with Crippen molar-refractivity contribution in [3.63, 3.8) is 0 Å². The van der Waals surface area contributed by atoms with Crippen LogP contribution in [0.4, 0.5) is 0 Å². The Hall–Kier alpha value is -0.540.